The van der Waals surface area contributed by atoms with Gasteiger partial charge in [0.05, 0.1) is 0 Å². The molecule has 2 atom stereocenters. The Balaban J connectivity index is 1.73. The zero-order chi connectivity index (χ0) is 14.8. The second-order valence-corrected chi connectivity index (χ2v) is 6.67. The Morgan fingerprint density at radius 2 is 2.10 bits per heavy atom. The van der Waals surface area contributed by atoms with Crippen LogP contribution in [0.25, 0.3) is 0 Å². The lowest BCUT2D eigenvalue weighted by Gasteiger charge is -2.36. The lowest BCUT2D eigenvalue weighted by Crippen LogP contribution is -2.46. The van der Waals surface area contributed by atoms with E-state index in [1.54, 1.807) is 0 Å². The molecule has 0 aliphatic carbocycles. The van der Waals surface area contributed by atoms with Crippen LogP contribution in [0.5, 0.6) is 0 Å². The highest BCUT2D eigenvalue weighted by atomic mass is 16.2. The number of aryl methyl sites for hydroxylation is 2. The smallest absolute Gasteiger partial charge is 0.254 e. The molecule has 21 heavy (non-hydrogen) atoms. The maximum Gasteiger partial charge on any atom is 0.254 e. The van der Waals surface area contributed by atoms with Crippen molar-refractivity contribution in [2.75, 3.05) is 19.6 Å². The van der Waals surface area contributed by atoms with Crippen molar-refractivity contribution >= 4 is 5.91 Å². The quantitative estimate of drug-likeness (QED) is 0.906. The van der Waals surface area contributed by atoms with Gasteiger partial charge < -0.3 is 10.2 Å². The van der Waals surface area contributed by atoms with Crippen molar-refractivity contribution in [3.63, 3.8) is 0 Å². The molecule has 2 aliphatic heterocycles. The maximum atomic E-state index is 12.8. The fraction of sp³-hybridized carbons (Fsp3) is 0.611. The van der Waals surface area contributed by atoms with Crippen LogP contribution in [0.2, 0.25) is 0 Å². The van der Waals surface area contributed by atoms with Gasteiger partial charge in [0.15, 0.2) is 0 Å². The molecule has 3 nitrogen and oxygen atoms in total. The number of carbonyl (C=O) groups is 1. The van der Waals surface area contributed by atoms with Crippen molar-refractivity contribution in [3.8, 4) is 0 Å². The highest BCUT2D eigenvalue weighted by Crippen LogP contribution is 2.26. The van der Waals surface area contributed by atoms with Gasteiger partial charge in [-0.25, -0.2) is 0 Å². The summed E-state index contributed by atoms with van der Waals surface area (Å²) in [5.41, 5.74) is 3.14. The molecule has 0 aromatic heterocycles. The van der Waals surface area contributed by atoms with E-state index in [2.05, 4.69) is 29.3 Å². The van der Waals surface area contributed by atoms with Crippen molar-refractivity contribution in [3.05, 3.63) is 34.9 Å². The normalized spacial score (nSPS) is 26.1. The van der Waals surface area contributed by atoms with Crippen LogP contribution in [-0.2, 0) is 0 Å². The number of nitrogens with one attached hydrogen (secondary N) is 1. The summed E-state index contributed by atoms with van der Waals surface area (Å²) >= 11 is 0. The summed E-state index contributed by atoms with van der Waals surface area (Å²) in [6.07, 6.45) is 4.95. The Kier molecular flexibility index (Phi) is 4.29. The molecule has 2 heterocycles. The monoisotopic (exact) mass is 286 g/mol. The molecule has 3 heteroatoms. The molecule has 1 N–H and O–H groups in total. The average Bonchev–Trinajstić information content (AvgIpc) is 3.03. The first kappa shape index (κ1) is 14.6. The lowest BCUT2D eigenvalue weighted by molar-refractivity contribution is 0.0650. The summed E-state index contributed by atoms with van der Waals surface area (Å²) in [7, 11) is 0. The van der Waals surface area contributed by atoms with Gasteiger partial charge in [0, 0.05) is 24.7 Å². The Labute approximate surface area is 127 Å². The molecule has 1 amide bonds. The van der Waals surface area contributed by atoms with Gasteiger partial charge in [-0.3, -0.25) is 4.79 Å². The maximum absolute atomic E-state index is 12.8. The first-order valence-electron chi connectivity index (χ1n) is 8.25. The van der Waals surface area contributed by atoms with Crippen molar-refractivity contribution in [2.45, 2.75) is 45.6 Å². The highest BCUT2D eigenvalue weighted by Gasteiger charge is 2.31. The second kappa shape index (κ2) is 6.18. The molecule has 2 fully saturated rings. The standard InChI is InChI=1S/C18H26N2O/c1-13-7-8-14(2)16(11-13)18(21)20-10-4-5-15(12-20)17-6-3-9-19-17/h7-8,11,15,17,19H,3-6,9-10,12H2,1-2H3. The number of amides is 1. The van der Waals surface area contributed by atoms with Crippen molar-refractivity contribution in [2.24, 2.45) is 5.92 Å². The summed E-state index contributed by atoms with van der Waals surface area (Å²) in [6.45, 7) is 7.07. The van der Waals surface area contributed by atoms with Crippen LogP contribution in [0.15, 0.2) is 18.2 Å². The first-order valence-corrected chi connectivity index (χ1v) is 8.25. The Morgan fingerprint density at radius 1 is 1.24 bits per heavy atom. The van der Waals surface area contributed by atoms with E-state index < -0.39 is 0 Å². The van der Waals surface area contributed by atoms with Crippen LogP contribution in [0, 0.1) is 19.8 Å². The van der Waals surface area contributed by atoms with Gasteiger partial charge in [0.1, 0.15) is 0 Å². The van der Waals surface area contributed by atoms with Crippen molar-refractivity contribution in [1.82, 2.24) is 10.2 Å². The Bertz CT molecular complexity index is 520. The van der Waals surface area contributed by atoms with E-state index >= 15 is 0 Å². The average molecular weight is 286 g/mol. The van der Waals surface area contributed by atoms with E-state index in [-0.39, 0.29) is 5.91 Å². The minimum absolute atomic E-state index is 0.221. The third-order valence-corrected chi connectivity index (χ3v) is 5.04. The Morgan fingerprint density at radius 3 is 2.86 bits per heavy atom. The van der Waals surface area contributed by atoms with E-state index in [0.717, 1.165) is 42.7 Å². The highest BCUT2D eigenvalue weighted by molar-refractivity contribution is 5.95. The number of benzene rings is 1. The van der Waals surface area contributed by atoms with E-state index in [9.17, 15) is 4.79 Å². The van der Waals surface area contributed by atoms with Crippen LogP contribution in [0.1, 0.15) is 47.2 Å². The zero-order valence-corrected chi connectivity index (χ0v) is 13.2. The number of nitrogens with zero attached hydrogens (tertiary/aromatic N) is 1. The van der Waals surface area contributed by atoms with Gasteiger partial charge in [-0.1, -0.05) is 17.7 Å². The molecular weight excluding hydrogens is 260 g/mol. The summed E-state index contributed by atoms with van der Waals surface area (Å²) < 4.78 is 0. The number of hydrogen-bond acceptors (Lipinski definition) is 2. The van der Waals surface area contributed by atoms with Crippen LogP contribution >= 0.6 is 0 Å². The molecule has 114 valence electrons. The molecule has 0 bridgehead atoms. The van der Waals surface area contributed by atoms with Crippen LogP contribution in [-0.4, -0.2) is 36.5 Å². The molecule has 2 aliphatic rings. The van der Waals surface area contributed by atoms with Crippen LogP contribution in [0.3, 0.4) is 0 Å². The van der Waals surface area contributed by atoms with Gasteiger partial charge in [-0.2, -0.15) is 0 Å². The predicted molar refractivity (Wildman–Crippen MR) is 85.6 cm³/mol. The number of rotatable bonds is 2. The third-order valence-electron chi connectivity index (χ3n) is 5.04. The van der Waals surface area contributed by atoms with E-state index in [1.807, 2.05) is 13.0 Å². The van der Waals surface area contributed by atoms with Crippen molar-refractivity contribution in [1.29, 1.82) is 0 Å². The summed E-state index contributed by atoms with van der Waals surface area (Å²) in [6, 6.07) is 6.80. The van der Waals surface area contributed by atoms with Gasteiger partial charge in [0.2, 0.25) is 0 Å². The number of hydrogen-bond donors (Lipinski definition) is 1. The SMILES string of the molecule is Cc1ccc(C)c(C(=O)N2CCCC(C3CCCN3)C2)c1. The van der Waals surface area contributed by atoms with E-state index in [0.29, 0.717) is 12.0 Å². The molecule has 1 aromatic carbocycles. The number of likely N-dealkylation sites (tertiary alicyclic amines) is 1. The molecule has 2 unspecified atom stereocenters. The minimum Gasteiger partial charge on any atom is -0.338 e. The van der Waals surface area contributed by atoms with Gasteiger partial charge in [0.25, 0.3) is 5.91 Å². The predicted octanol–water partition coefficient (Wildman–Crippen LogP) is 2.91. The molecule has 3 rings (SSSR count). The zero-order valence-electron chi connectivity index (χ0n) is 13.2. The molecule has 0 radical (unpaired) electrons. The molecular formula is C18H26N2O. The van der Waals surface area contributed by atoms with Crippen molar-refractivity contribution < 1.29 is 4.79 Å². The molecule has 0 spiro atoms. The topological polar surface area (TPSA) is 32.3 Å². The largest absolute Gasteiger partial charge is 0.338 e. The van der Waals surface area contributed by atoms with Crippen LogP contribution < -0.4 is 5.32 Å². The third kappa shape index (κ3) is 3.13. The van der Waals surface area contributed by atoms with E-state index in [1.165, 1.54) is 19.3 Å². The second-order valence-electron chi connectivity index (χ2n) is 6.67. The number of piperidine rings is 1. The minimum atomic E-state index is 0.221. The fourth-order valence-electron chi connectivity index (χ4n) is 3.77. The Hall–Kier alpha value is -1.35. The summed E-state index contributed by atoms with van der Waals surface area (Å²) in [4.78, 5) is 14.9. The van der Waals surface area contributed by atoms with Gasteiger partial charge in [-0.05, 0) is 63.6 Å². The van der Waals surface area contributed by atoms with Gasteiger partial charge >= 0.3 is 0 Å². The lowest BCUT2D eigenvalue weighted by atomic mass is 9.89. The van der Waals surface area contributed by atoms with Gasteiger partial charge in [-0.15, -0.1) is 0 Å². The molecule has 0 saturated carbocycles. The molecule has 1 aromatic rings. The fourth-order valence-corrected chi connectivity index (χ4v) is 3.77. The van der Waals surface area contributed by atoms with E-state index in [4.69, 9.17) is 0 Å². The summed E-state index contributed by atoms with van der Waals surface area (Å²) in [5, 5.41) is 3.61. The molecule has 2 saturated heterocycles. The van der Waals surface area contributed by atoms with Crippen LogP contribution in [0.4, 0.5) is 0 Å². The number of carbonyl (C=O) groups excluding carboxylic acids is 1. The first-order chi connectivity index (χ1) is 10.1. The summed E-state index contributed by atoms with van der Waals surface area (Å²) in [5.74, 6) is 0.856.